The minimum absolute atomic E-state index is 0.00598. The van der Waals surface area contributed by atoms with Crippen LogP contribution in [0.4, 0.5) is 0 Å². The Balaban J connectivity index is 1.61. The van der Waals surface area contributed by atoms with Crippen LogP contribution in [0.1, 0.15) is 18.1 Å². The van der Waals surface area contributed by atoms with E-state index in [1.807, 2.05) is 24.3 Å². The molecule has 208 valence electrons. The monoisotopic (exact) mass is 555 g/mol. The number of aliphatic hydroxyl groups excluding tert-OH is 1. The van der Waals surface area contributed by atoms with Gasteiger partial charge in [-0.15, -0.1) is 0 Å². The maximum Gasteiger partial charge on any atom is 0.326 e. The van der Waals surface area contributed by atoms with Crippen LogP contribution in [0.2, 0.25) is 0 Å². The summed E-state index contributed by atoms with van der Waals surface area (Å²) in [5.74, 6) is -3.65. The first kappa shape index (κ1) is 29.7. The lowest BCUT2D eigenvalue weighted by molar-refractivity contribution is -0.143. The molecule has 11 nitrogen and oxygen atoms in total. The third kappa shape index (κ3) is 8.06. The summed E-state index contributed by atoms with van der Waals surface area (Å²) in [5.41, 5.74) is 8.54. The van der Waals surface area contributed by atoms with E-state index in [-0.39, 0.29) is 18.6 Å². The summed E-state index contributed by atoms with van der Waals surface area (Å²) in [5, 5.41) is 28.0. The number of aliphatic carboxylic acids is 1. The fraction of sp³-hybridized carbons (Fsp3) is 0.333. The van der Waals surface area contributed by atoms with Crippen LogP contribution in [-0.4, -0.2) is 74.9 Å². The second kappa shape index (κ2) is 13.8. The minimum atomic E-state index is -1.48. The number of hydrogen-bond acceptors (Lipinski definition) is 7. The molecular weight excluding hydrogens is 522 g/mol. The first-order valence-electron chi connectivity index (χ1n) is 12.4. The number of benzene rings is 2. The third-order valence-corrected chi connectivity index (χ3v) is 6.59. The van der Waals surface area contributed by atoms with Crippen LogP contribution in [0.3, 0.4) is 0 Å². The first-order chi connectivity index (χ1) is 18.6. The zero-order chi connectivity index (χ0) is 28.5. The summed E-state index contributed by atoms with van der Waals surface area (Å²) in [6.07, 6.45) is 0.634. The third-order valence-electron chi connectivity index (χ3n) is 6.23. The van der Waals surface area contributed by atoms with Gasteiger partial charge in [0, 0.05) is 29.3 Å². The number of carboxylic acids is 1. The summed E-state index contributed by atoms with van der Waals surface area (Å²) < 4.78 is 0. The minimum Gasteiger partial charge on any atom is -0.480 e. The van der Waals surface area contributed by atoms with E-state index in [0.29, 0.717) is 5.56 Å². The van der Waals surface area contributed by atoms with Crippen molar-refractivity contribution in [3.05, 3.63) is 71.9 Å². The van der Waals surface area contributed by atoms with Gasteiger partial charge in [0.1, 0.15) is 18.1 Å². The molecule has 1 aromatic heterocycles. The van der Waals surface area contributed by atoms with Crippen molar-refractivity contribution in [3.63, 3.8) is 0 Å². The van der Waals surface area contributed by atoms with E-state index in [4.69, 9.17) is 5.73 Å². The second-order valence-electron chi connectivity index (χ2n) is 9.23. The Morgan fingerprint density at radius 1 is 0.897 bits per heavy atom. The fourth-order valence-corrected chi connectivity index (χ4v) is 4.33. The average molecular weight is 556 g/mol. The Kier molecular flexibility index (Phi) is 10.5. The SMILES string of the molecule is CC(O)C(NC(=O)C(CS)NC(=O)C(N)Cc1c[nH]c2ccccc12)C(=O)NC(Cc1ccccc1)C(=O)O. The number of carbonyl (C=O) groups is 4. The molecule has 5 unspecified atom stereocenters. The molecule has 0 aliphatic rings. The van der Waals surface area contributed by atoms with Crippen molar-refractivity contribution in [3.8, 4) is 0 Å². The molecule has 8 N–H and O–H groups in total. The molecule has 0 bridgehead atoms. The lowest BCUT2D eigenvalue weighted by atomic mass is 10.0. The van der Waals surface area contributed by atoms with Crippen molar-refractivity contribution in [2.45, 2.75) is 50.0 Å². The van der Waals surface area contributed by atoms with Crippen LogP contribution < -0.4 is 21.7 Å². The van der Waals surface area contributed by atoms with E-state index >= 15 is 0 Å². The van der Waals surface area contributed by atoms with Crippen molar-refractivity contribution >= 4 is 47.2 Å². The molecule has 0 saturated carbocycles. The molecule has 0 aliphatic carbocycles. The Morgan fingerprint density at radius 2 is 1.54 bits per heavy atom. The first-order valence-corrected chi connectivity index (χ1v) is 13.0. The van der Waals surface area contributed by atoms with Gasteiger partial charge in [-0.2, -0.15) is 12.6 Å². The Labute approximate surface area is 231 Å². The highest BCUT2D eigenvalue weighted by Crippen LogP contribution is 2.18. The molecule has 39 heavy (non-hydrogen) atoms. The summed E-state index contributed by atoms with van der Waals surface area (Å²) in [6.45, 7) is 1.28. The number of carbonyl (C=O) groups excluding carboxylic acids is 3. The summed E-state index contributed by atoms with van der Waals surface area (Å²) in [6, 6.07) is 11.4. The Hall–Kier alpha value is -3.87. The van der Waals surface area contributed by atoms with Crippen LogP contribution in [-0.2, 0) is 32.0 Å². The molecule has 0 fully saturated rings. The van der Waals surface area contributed by atoms with E-state index in [2.05, 4.69) is 33.6 Å². The number of fused-ring (bicyclic) bond motifs is 1. The van der Waals surface area contributed by atoms with Gasteiger partial charge in [-0.3, -0.25) is 14.4 Å². The highest BCUT2D eigenvalue weighted by Gasteiger charge is 2.32. The fourth-order valence-electron chi connectivity index (χ4n) is 4.07. The van der Waals surface area contributed by atoms with E-state index < -0.39 is 54.0 Å². The van der Waals surface area contributed by atoms with Crippen molar-refractivity contribution < 1.29 is 29.4 Å². The van der Waals surface area contributed by atoms with Gasteiger partial charge in [0.05, 0.1) is 12.1 Å². The molecule has 0 spiro atoms. The smallest absolute Gasteiger partial charge is 0.326 e. The zero-order valence-electron chi connectivity index (χ0n) is 21.3. The normalized spacial score (nSPS) is 15.0. The number of hydrogen-bond donors (Lipinski definition) is 8. The molecule has 0 radical (unpaired) electrons. The number of para-hydroxylation sites is 1. The highest BCUT2D eigenvalue weighted by atomic mass is 32.1. The molecule has 3 amide bonds. The van der Waals surface area contributed by atoms with Gasteiger partial charge < -0.3 is 36.9 Å². The lowest BCUT2D eigenvalue weighted by Crippen LogP contribution is -2.60. The lowest BCUT2D eigenvalue weighted by Gasteiger charge is -2.26. The van der Waals surface area contributed by atoms with Crippen molar-refractivity contribution in [1.82, 2.24) is 20.9 Å². The Morgan fingerprint density at radius 3 is 2.18 bits per heavy atom. The molecule has 2 aromatic carbocycles. The van der Waals surface area contributed by atoms with Crippen LogP contribution in [0.15, 0.2) is 60.8 Å². The predicted molar refractivity (Wildman–Crippen MR) is 149 cm³/mol. The molecule has 0 aliphatic heterocycles. The van der Waals surface area contributed by atoms with Crippen molar-refractivity contribution in [2.24, 2.45) is 5.73 Å². The van der Waals surface area contributed by atoms with E-state index in [0.717, 1.165) is 16.5 Å². The number of H-pyrrole nitrogens is 1. The number of aliphatic hydroxyl groups is 1. The number of aromatic nitrogens is 1. The summed E-state index contributed by atoms with van der Waals surface area (Å²) >= 11 is 4.14. The average Bonchev–Trinajstić information content (AvgIpc) is 3.32. The van der Waals surface area contributed by atoms with Crippen LogP contribution in [0, 0.1) is 0 Å². The maximum absolute atomic E-state index is 12.9. The van der Waals surface area contributed by atoms with Gasteiger partial charge in [-0.05, 0) is 30.5 Å². The number of nitrogens with two attached hydrogens (primary N) is 1. The largest absolute Gasteiger partial charge is 0.480 e. The molecule has 1 heterocycles. The number of carboxylic acid groups (broad SMARTS) is 1. The van der Waals surface area contributed by atoms with Gasteiger partial charge in [-0.1, -0.05) is 48.5 Å². The number of thiol groups is 1. The van der Waals surface area contributed by atoms with Gasteiger partial charge in [0.25, 0.3) is 0 Å². The summed E-state index contributed by atoms with van der Waals surface area (Å²) in [4.78, 5) is 53.4. The predicted octanol–water partition coefficient (Wildman–Crippen LogP) is 0.130. The van der Waals surface area contributed by atoms with E-state index in [9.17, 15) is 29.4 Å². The zero-order valence-corrected chi connectivity index (χ0v) is 22.2. The molecule has 5 atom stereocenters. The van der Waals surface area contributed by atoms with Gasteiger partial charge in [-0.25, -0.2) is 4.79 Å². The van der Waals surface area contributed by atoms with Crippen molar-refractivity contribution in [1.29, 1.82) is 0 Å². The molecular formula is C27H33N5O6S. The van der Waals surface area contributed by atoms with Gasteiger partial charge in [0.2, 0.25) is 17.7 Å². The highest BCUT2D eigenvalue weighted by molar-refractivity contribution is 7.80. The van der Waals surface area contributed by atoms with Gasteiger partial charge in [0.15, 0.2) is 0 Å². The number of aromatic amines is 1. The van der Waals surface area contributed by atoms with Crippen LogP contribution in [0.25, 0.3) is 10.9 Å². The Bertz CT molecular complexity index is 1300. The molecule has 3 rings (SSSR count). The van der Waals surface area contributed by atoms with E-state index in [1.165, 1.54) is 6.92 Å². The topological polar surface area (TPSA) is 187 Å². The molecule has 3 aromatic rings. The van der Waals surface area contributed by atoms with Crippen LogP contribution >= 0.6 is 12.6 Å². The van der Waals surface area contributed by atoms with Crippen LogP contribution in [0.5, 0.6) is 0 Å². The molecule has 12 heteroatoms. The van der Waals surface area contributed by atoms with Crippen molar-refractivity contribution in [2.75, 3.05) is 5.75 Å². The quantitative estimate of drug-likeness (QED) is 0.138. The standard InChI is InChI=1S/C27H33N5O6S/c1-15(33)23(26(36)30-21(27(37)38)11-16-7-3-2-4-8-16)32-25(35)22(14-39)31-24(34)19(28)12-17-13-29-20-10-6-5-9-18(17)20/h2-10,13,15,19,21-23,29,33,39H,11-12,14,28H2,1H3,(H,30,36)(H,31,34)(H,32,35)(H,37,38). The maximum atomic E-state index is 12.9. The number of nitrogens with one attached hydrogen (secondary N) is 4. The number of amides is 3. The summed E-state index contributed by atoms with van der Waals surface area (Å²) in [7, 11) is 0. The van der Waals surface area contributed by atoms with E-state index in [1.54, 1.807) is 36.5 Å². The molecule has 0 saturated heterocycles. The second-order valence-corrected chi connectivity index (χ2v) is 9.60. The number of rotatable bonds is 13. The van der Waals surface area contributed by atoms with Gasteiger partial charge >= 0.3 is 5.97 Å².